The van der Waals surface area contributed by atoms with Crippen LogP contribution >= 0.6 is 0 Å². The van der Waals surface area contributed by atoms with E-state index >= 15 is 0 Å². The molecule has 24 heavy (non-hydrogen) atoms. The van der Waals surface area contributed by atoms with Crippen molar-refractivity contribution >= 4 is 17.8 Å². The van der Waals surface area contributed by atoms with Gasteiger partial charge in [0.05, 0.1) is 19.3 Å². The Bertz CT molecular complexity index is 764. The summed E-state index contributed by atoms with van der Waals surface area (Å²) in [6.45, 7) is 6.33. The van der Waals surface area contributed by atoms with Crippen molar-refractivity contribution in [3.63, 3.8) is 0 Å². The van der Waals surface area contributed by atoms with E-state index in [9.17, 15) is 4.79 Å². The predicted molar refractivity (Wildman–Crippen MR) is 89.0 cm³/mol. The molecule has 7 nitrogen and oxygen atoms in total. The van der Waals surface area contributed by atoms with Crippen LogP contribution in [0.2, 0.25) is 0 Å². The van der Waals surface area contributed by atoms with E-state index < -0.39 is 12.0 Å². The lowest BCUT2D eigenvalue weighted by Crippen LogP contribution is -2.30. The third-order valence-electron chi connectivity index (χ3n) is 3.72. The molecule has 0 saturated carbocycles. The first-order valence-corrected chi connectivity index (χ1v) is 7.93. The van der Waals surface area contributed by atoms with Crippen LogP contribution in [-0.4, -0.2) is 33.9 Å². The van der Waals surface area contributed by atoms with Crippen LogP contribution in [0.1, 0.15) is 31.0 Å². The molecule has 3 rings (SSSR count). The Morgan fingerprint density at radius 2 is 2.00 bits per heavy atom. The van der Waals surface area contributed by atoms with E-state index in [1.807, 2.05) is 38.1 Å². The van der Waals surface area contributed by atoms with E-state index in [1.54, 1.807) is 6.92 Å². The molecule has 0 bridgehead atoms. The molecule has 126 valence electrons. The predicted octanol–water partition coefficient (Wildman–Crippen LogP) is 2.52. The summed E-state index contributed by atoms with van der Waals surface area (Å²) in [5.74, 6) is 0.449. The lowest BCUT2D eigenvalue weighted by Gasteiger charge is -2.28. The molecule has 2 aromatic rings. The summed E-state index contributed by atoms with van der Waals surface area (Å²) in [5, 5.41) is 7.39. The third-order valence-corrected chi connectivity index (χ3v) is 3.72. The zero-order valence-corrected chi connectivity index (χ0v) is 13.9. The second-order valence-corrected chi connectivity index (χ2v) is 5.36. The number of esters is 1. The normalized spacial score (nSPS) is 16.4. The van der Waals surface area contributed by atoms with Crippen molar-refractivity contribution in [2.75, 3.05) is 18.5 Å². The number of aromatic nitrogens is 3. The monoisotopic (exact) mass is 328 g/mol. The quantitative estimate of drug-likeness (QED) is 0.850. The molecule has 0 amide bonds. The number of fused-ring (bicyclic) bond motifs is 1. The van der Waals surface area contributed by atoms with Gasteiger partial charge in [0.1, 0.15) is 11.9 Å². The Labute approximate surface area is 140 Å². The second-order valence-electron chi connectivity index (χ2n) is 5.36. The summed E-state index contributed by atoms with van der Waals surface area (Å²) in [6, 6.07) is 7.53. The molecule has 2 heterocycles. The van der Waals surface area contributed by atoms with Gasteiger partial charge in [0.15, 0.2) is 0 Å². The maximum absolute atomic E-state index is 12.6. The highest BCUT2D eigenvalue weighted by Gasteiger charge is 2.36. The van der Waals surface area contributed by atoms with Gasteiger partial charge in [-0.05, 0) is 26.3 Å². The zero-order chi connectivity index (χ0) is 17.1. The second kappa shape index (κ2) is 6.74. The van der Waals surface area contributed by atoms with Gasteiger partial charge in [-0.3, -0.25) is 0 Å². The average Bonchev–Trinajstić information content (AvgIpc) is 3.04. The van der Waals surface area contributed by atoms with Crippen molar-refractivity contribution < 1.29 is 14.3 Å². The molecular weight excluding hydrogens is 308 g/mol. The first-order chi connectivity index (χ1) is 11.7. The molecular formula is C17H20N4O3. The van der Waals surface area contributed by atoms with Gasteiger partial charge in [-0.25, -0.2) is 4.79 Å². The van der Waals surface area contributed by atoms with Crippen LogP contribution < -0.4 is 5.32 Å². The molecule has 1 unspecified atom stereocenters. The minimum absolute atomic E-state index is 0.284. The number of hydrogen-bond donors (Lipinski definition) is 1. The number of hydrogen-bond acceptors (Lipinski definition) is 6. The standard InChI is InChI=1S/C17H20N4O3/c1-4-23-15-13(16(22)24-5-2)14(12-8-6-11(3)7-9-12)20-17-18-10-19-21(15)17/h6-10,14H,4-5H2,1-3H3,(H,18,19,20). The summed E-state index contributed by atoms with van der Waals surface area (Å²) < 4.78 is 12.5. The van der Waals surface area contributed by atoms with Gasteiger partial charge in [0.25, 0.3) is 0 Å². The van der Waals surface area contributed by atoms with Crippen LogP contribution in [0, 0.1) is 6.92 Å². The van der Waals surface area contributed by atoms with Crippen LogP contribution in [0.25, 0.3) is 5.88 Å². The van der Waals surface area contributed by atoms with Crippen molar-refractivity contribution in [3.05, 3.63) is 47.3 Å². The molecule has 1 N–H and O–H groups in total. The SMILES string of the molecule is CCOC(=O)C1=C(OCC)n2ncnc2NC1c1ccc(C)cc1. The highest BCUT2D eigenvalue weighted by Crippen LogP contribution is 2.36. The molecule has 7 heteroatoms. The molecule has 1 aliphatic heterocycles. The number of rotatable bonds is 5. The number of nitrogens with zero attached hydrogens (tertiary/aromatic N) is 3. The van der Waals surface area contributed by atoms with Crippen molar-refractivity contribution in [2.24, 2.45) is 0 Å². The van der Waals surface area contributed by atoms with E-state index in [4.69, 9.17) is 9.47 Å². The minimum Gasteiger partial charge on any atom is -0.477 e. The lowest BCUT2D eigenvalue weighted by molar-refractivity contribution is -0.138. The first kappa shape index (κ1) is 16.0. The fourth-order valence-corrected chi connectivity index (χ4v) is 2.63. The molecule has 0 saturated heterocycles. The number of nitrogens with one attached hydrogen (secondary N) is 1. The highest BCUT2D eigenvalue weighted by molar-refractivity contribution is 5.96. The Morgan fingerprint density at radius 3 is 2.67 bits per heavy atom. The van der Waals surface area contributed by atoms with Crippen molar-refractivity contribution in [2.45, 2.75) is 26.8 Å². The number of ether oxygens (including phenoxy) is 2. The van der Waals surface area contributed by atoms with Gasteiger partial charge < -0.3 is 14.8 Å². The van der Waals surface area contributed by atoms with Gasteiger partial charge >= 0.3 is 5.97 Å². The summed E-state index contributed by atoms with van der Waals surface area (Å²) >= 11 is 0. The molecule has 1 aromatic heterocycles. The average molecular weight is 328 g/mol. The van der Waals surface area contributed by atoms with Gasteiger partial charge in [0.2, 0.25) is 11.8 Å². The van der Waals surface area contributed by atoms with Crippen LogP contribution in [0.4, 0.5) is 5.95 Å². The smallest absolute Gasteiger partial charge is 0.341 e. The summed E-state index contributed by atoms with van der Waals surface area (Å²) in [7, 11) is 0. The molecule has 0 aliphatic carbocycles. The van der Waals surface area contributed by atoms with Crippen LogP contribution in [-0.2, 0) is 14.3 Å². The lowest BCUT2D eigenvalue weighted by atomic mass is 9.97. The maximum Gasteiger partial charge on any atom is 0.341 e. The molecule has 1 aromatic carbocycles. The summed E-state index contributed by atoms with van der Waals surface area (Å²) in [5.41, 5.74) is 2.46. The molecule has 0 spiro atoms. The van der Waals surface area contributed by atoms with Crippen LogP contribution in [0.5, 0.6) is 0 Å². The van der Waals surface area contributed by atoms with Gasteiger partial charge in [-0.15, -0.1) is 0 Å². The van der Waals surface area contributed by atoms with Gasteiger partial charge in [-0.2, -0.15) is 14.8 Å². The largest absolute Gasteiger partial charge is 0.477 e. The van der Waals surface area contributed by atoms with Crippen molar-refractivity contribution in [1.29, 1.82) is 0 Å². The van der Waals surface area contributed by atoms with Crippen LogP contribution in [0.15, 0.2) is 36.2 Å². The number of carbonyl (C=O) groups is 1. The van der Waals surface area contributed by atoms with E-state index in [-0.39, 0.29) is 6.61 Å². The van der Waals surface area contributed by atoms with E-state index in [1.165, 1.54) is 11.0 Å². The van der Waals surface area contributed by atoms with Crippen LogP contribution in [0.3, 0.4) is 0 Å². The van der Waals surface area contributed by atoms with E-state index in [2.05, 4.69) is 15.4 Å². The topological polar surface area (TPSA) is 78.3 Å². The van der Waals surface area contributed by atoms with Crippen molar-refractivity contribution in [1.82, 2.24) is 14.8 Å². The molecule has 0 radical (unpaired) electrons. The number of anilines is 1. The molecule has 1 atom stereocenters. The van der Waals surface area contributed by atoms with E-state index in [0.717, 1.165) is 11.1 Å². The van der Waals surface area contributed by atoms with Crippen molar-refractivity contribution in [3.8, 4) is 0 Å². The summed E-state index contributed by atoms with van der Waals surface area (Å²) in [4.78, 5) is 16.8. The molecule has 0 fully saturated rings. The van der Waals surface area contributed by atoms with Gasteiger partial charge in [0, 0.05) is 0 Å². The van der Waals surface area contributed by atoms with Gasteiger partial charge in [-0.1, -0.05) is 29.8 Å². The zero-order valence-electron chi connectivity index (χ0n) is 13.9. The maximum atomic E-state index is 12.6. The number of aryl methyl sites for hydroxylation is 1. The first-order valence-electron chi connectivity index (χ1n) is 7.93. The Hall–Kier alpha value is -2.83. The Kier molecular flexibility index (Phi) is 4.50. The Morgan fingerprint density at radius 1 is 1.25 bits per heavy atom. The fraction of sp³-hybridized carbons (Fsp3) is 0.353. The number of benzene rings is 1. The minimum atomic E-state index is -0.430. The fourth-order valence-electron chi connectivity index (χ4n) is 2.63. The number of carbonyl (C=O) groups excluding carboxylic acids is 1. The summed E-state index contributed by atoms with van der Waals surface area (Å²) in [6.07, 6.45) is 1.42. The third kappa shape index (κ3) is 2.84. The van der Waals surface area contributed by atoms with E-state index in [0.29, 0.717) is 24.0 Å². The highest BCUT2D eigenvalue weighted by atomic mass is 16.5. The molecule has 1 aliphatic rings. The Balaban J connectivity index is 2.14.